The van der Waals surface area contributed by atoms with Gasteiger partial charge >= 0.3 is 0 Å². The number of benzene rings is 2. The lowest BCUT2D eigenvalue weighted by atomic mass is 9.84. The van der Waals surface area contributed by atoms with E-state index in [-0.39, 0.29) is 16.4 Å². The summed E-state index contributed by atoms with van der Waals surface area (Å²) in [4.78, 5) is 1.25. The molecule has 0 bridgehead atoms. The van der Waals surface area contributed by atoms with Gasteiger partial charge in [0.05, 0.1) is 4.90 Å². The number of aryl methyl sites for hydroxylation is 2. The van der Waals surface area contributed by atoms with Crippen LogP contribution in [0, 0.1) is 42.4 Å². The molecule has 30 heavy (non-hydrogen) atoms. The van der Waals surface area contributed by atoms with Crippen LogP contribution in [0.5, 0.6) is 0 Å². The molecule has 2 aromatic rings. The molecule has 0 spiro atoms. The molecule has 2 aromatic carbocycles. The van der Waals surface area contributed by atoms with E-state index in [1.165, 1.54) is 0 Å². The van der Waals surface area contributed by atoms with Crippen LogP contribution in [0.3, 0.4) is 0 Å². The van der Waals surface area contributed by atoms with Gasteiger partial charge in [-0.15, -0.1) is 11.8 Å². The van der Waals surface area contributed by atoms with Crippen LogP contribution in [0.25, 0.3) is 5.57 Å². The predicted molar refractivity (Wildman–Crippen MR) is 119 cm³/mol. The number of allylic oxidation sites excluding steroid dienone is 1. The van der Waals surface area contributed by atoms with Crippen LogP contribution in [0.4, 0.5) is 0 Å². The van der Waals surface area contributed by atoms with Gasteiger partial charge in [-0.3, -0.25) is 0 Å². The second-order valence-electron chi connectivity index (χ2n) is 7.33. The van der Waals surface area contributed by atoms with E-state index in [4.69, 9.17) is 0 Å². The van der Waals surface area contributed by atoms with E-state index in [0.717, 1.165) is 16.0 Å². The van der Waals surface area contributed by atoms with Crippen molar-refractivity contribution in [3.05, 3.63) is 64.7 Å². The molecule has 0 saturated heterocycles. The van der Waals surface area contributed by atoms with Gasteiger partial charge in [-0.25, -0.2) is 13.1 Å². The second-order valence-corrected chi connectivity index (χ2v) is 10.1. The zero-order chi connectivity index (χ0) is 21.9. The summed E-state index contributed by atoms with van der Waals surface area (Å²) in [7, 11) is -3.76. The first-order valence-electron chi connectivity index (χ1n) is 9.68. The molecule has 1 aliphatic heterocycles. The summed E-state index contributed by atoms with van der Waals surface area (Å²) in [6, 6.07) is 16.5. The Morgan fingerprint density at radius 3 is 2.53 bits per heavy atom. The van der Waals surface area contributed by atoms with Gasteiger partial charge in [-0.05, 0) is 49.1 Å². The molecule has 0 radical (unpaired) electrons. The first-order chi connectivity index (χ1) is 14.3. The number of rotatable bonds is 5. The summed E-state index contributed by atoms with van der Waals surface area (Å²) in [5.41, 5.74) is 3.19. The molecule has 0 fully saturated rings. The largest absolute Gasteiger partial charge is 0.241 e. The van der Waals surface area contributed by atoms with Crippen molar-refractivity contribution in [2.75, 3.05) is 5.75 Å². The highest BCUT2D eigenvalue weighted by Crippen LogP contribution is 2.44. The minimum absolute atomic E-state index is 0.0388. The van der Waals surface area contributed by atoms with Gasteiger partial charge in [0, 0.05) is 22.6 Å². The summed E-state index contributed by atoms with van der Waals surface area (Å²) in [6.07, 6.45) is 0.533. The van der Waals surface area contributed by atoms with Crippen molar-refractivity contribution in [3.63, 3.8) is 0 Å². The molecule has 0 aliphatic carbocycles. The number of hydrogen-bond donors (Lipinski definition) is 1. The zero-order valence-electron chi connectivity index (χ0n) is 17.1. The molecule has 1 aliphatic rings. The Hall–Kier alpha value is -2.58. The van der Waals surface area contributed by atoms with Gasteiger partial charge < -0.3 is 0 Å². The third kappa shape index (κ3) is 4.29. The van der Waals surface area contributed by atoms with E-state index >= 15 is 0 Å². The van der Waals surface area contributed by atoms with Crippen LogP contribution in [-0.2, 0) is 10.0 Å². The third-order valence-electron chi connectivity index (χ3n) is 5.31. The number of hydrogen-bond acceptors (Lipinski definition) is 5. The van der Waals surface area contributed by atoms with Crippen molar-refractivity contribution in [3.8, 4) is 12.1 Å². The van der Waals surface area contributed by atoms with Crippen LogP contribution < -0.4 is 4.72 Å². The first-order valence-corrected chi connectivity index (χ1v) is 12.2. The van der Waals surface area contributed by atoms with Crippen molar-refractivity contribution in [1.29, 1.82) is 10.5 Å². The van der Waals surface area contributed by atoms with Crippen LogP contribution in [0.1, 0.15) is 30.0 Å². The Labute approximate surface area is 182 Å². The van der Waals surface area contributed by atoms with Crippen LogP contribution in [0.2, 0.25) is 0 Å². The molecule has 2 atom stereocenters. The van der Waals surface area contributed by atoms with Crippen LogP contribution >= 0.6 is 11.8 Å². The van der Waals surface area contributed by atoms with Gasteiger partial charge in [0.15, 0.2) is 0 Å². The molecule has 0 amide bonds. The van der Waals surface area contributed by atoms with E-state index in [1.54, 1.807) is 30.8 Å². The lowest BCUT2D eigenvalue weighted by Crippen LogP contribution is -2.42. The number of fused-ring (bicyclic) bond motifs is 1. The normalized spacial score (nSPS) is 16.8. The maximum atomic E-state index is 13.2. The Morgan fingerprint density at radius 2 is 1.90 bits per heavy atom. The molecule has 0 aromatic heterocycles. The minimum Gasteiger partial charge on any atom is -0.207 e. The fraction of sp³-hybridized carbons (Fsp3) is 0.304. The van der Waals surface area contributed by atoms with Gasteiger partial charge in [-0.1, -0.05) is 42.8 Å². The molecule has 0 saturated carbocycles. The lowest BCUT2D eigenvalue weighted by molar-refractivity contribution is 0.480. The average Bonchev–Trinajstić information content (AvgIpc) is 2.72. The van der Waals surface area contributed by atoms with E-state index in [0.29, 0.717) is 23.3 Å². The maximum absolute atomic E-state index is 13.2. The Balaban J connectivity index is 2.05. The molecular weight excluding hydrogens is 414 g/mol. The number of thioether (sulfide) groups is 1. The van der Waals surface area contributed by atoms with Crippen LogP contribution in [0.15, 0.2) is 57.8 Å². The molecule has 3 rings (SSSR count). The quantitative estimate of drug-likeness (QED) is 0.691. The number of nitriles is 2. The molecule has 1 heterocycles. The number of sulfonamides is 1. The highest BCUT2D eigenvalue weighted by Gasteiger charge is 2.35. The summed E-state index contributed by atoms with van der Waals surface area (Å²) in [6.45, 7) is 5.62. The molecule has 5 nitrogen and oxygen atoms in total. The monoisotopic (exact) mass is 437 g/mol. The Kier molecular flexibility index (Phi) is 6.67. The van der Waals surface area contributed by atoms with E-state index in [2.05, 4.69) is 4.72 Å². The molecule has 154 valence electrons. The van der Waals surface area contributed by atoms with Crippen molar-refractivity contribution >= 4 is 27.4 Å². The van der Waals surface area contributed by atoms with Crippen molar-refractivity contribution in [2.45, 2.75) is 43.0 Å². The molecular formula is C23H23N3O2S2. The summed E-state index contributed by atoms with van der Waals surface area (Å²) < 4.78 is 29.2. The van der Waals surface area contributed by atoms with Crippen molar-refractivity contribution in [1.82, 2.24) is 4.72 Å². The summed E-state index contributed by atoms with van der Waals surface area (Å²) >= 11 is 1.62. The number of nitrogens with zero attached hydrogens (tertiary/aromatic N) is 2. The molecule has 1 N–H and O–H groups in total. The average molecular weight is 438 g/mol. The zero-order valence-corrected chi connectivity index (χ0v) is 18.8. The third-order valence-corrected chi connectivity index (χ3v) is 8.15. The van der Waals surface area contributed by atoms with Gasteiger partial charge in [0.1, 0.15) is 17.7 Å². The highest BCUT2D eigenvalue weighted by atomic mass is 32.2. The fourth-order valence-corrected chi connectivity index (χ4v) is 6.73. The predicted octanol–water partition coefficient (Wildman–Crippen LogP) is 4.58. The smallest absolute Gasteiger partial charge is 0.207 e. The van der Waals surface area contributed by atoms with Gasteiger partial charge in [-0.2, -0.15) is 10.5 Å². The Bertz CT molecular complexity index is 1170. The maximum Gasteiger partial charge on any atom is 0.241 e. The topological polar surface area (TPSA) is 93.8 Å². The number of nitrogens with one attached hydrogen (secondary N) is 1. The highest BCUT2D eigenvalue weighted by molar-refractivity contribution is 7.99. The van der Waals surface area contributed by atoms with E-state index < -0.39 is 16.1 Å². The minimum atomic E-state index is -3.76. The van der Waals surface area contributed by atoms with Crippen molar-refractivity contribution < 1.29 is 8.42 Å². The first kappa shape index (κ1) is 22.1. The van der Waals surface area contributed by atoms with Gasteiger partial charge in [0.2, 0.25) is 10.0 Å². The van der Waals surface area contributed by atoms with E-state index in [1.807, 2.05) is 56.3 Å². The molecule has 0 unspecified atom stereocenters. The molecule has 7 heteroatoms. The van der Waals surface area contributed by atoms with Gasteiger partial charge in [0.25, 0.3) is 0 Å². The van der Waals surface area contributed by atoms with Crippen LogP contribution in [-0.4, -0.2) is 20.2 Å². The standard InChI is InChI=1S/C23H23N3O2S2/c1-4-20(26-30(27,28)22-10-9-15(2)11-16(22)3)19-14-29-21-8-6-5-7-18(21)23(19)17(12-24)13-25/h5-11,19-20,26H,4,14H2,1-3H3/t19-,20-/m0/s1. The fourth-order valence-electron chi connectivity index (χ4n) is 3.87. The SMILES string of the molecule is CC[C@H](NS(=O)(=O)c1ccc(C)cc1C)[C@@H]1CSc2ccccc2C1=C(C#N)C#N. The van der Waals surface area contributed by atoms with Crippen molar-refractivity contribution in [2.24, 2.45) is 5.92 Å². The van der Waals surface area contributed by atoms with E-state index in [9.17, 15) is 18.9 Å². The second kappa shape index (κ2) is 9.06. The lowest BCUT2D eigenvalue weighted by Gasteiger charge is -2.33. The summed E-state index contributed by atoms with van der Waals surface area (Å²) in [5, 5.41) is 19.1. The summed E-state index contributed by atoms with van der Waals surface area (Å²) in [5.74, 6) is 0.303. The Morgan fingerprint density at radius 1 is 1.20 bits per heavy atom.